The minimum atomic E-state index is -4.30. The van der Waals surface area contributed by atoms with Crippen LogP contribution in [0, 0.1) is 7.14 Å². The lowest BCUT2D eigenvalue weighted by Crippen LogP contribution is -2.06. The third kappa shape index (κ3) is 2.65. The standard InChI is InChI=1S/C8H5F3I2O/c1-14-7-5(12)2-4(3-6(7)13)8(9,10)11/h2-3H,1H3. The molecule has 1 aromatic rings. The largest absolute Gasteiger partial charge is 0.495 e. The van der Waals surface area contributed by atoms with Crippen LogP contribution >= 0.6 is 45.2 Å². The molecule has 0 bridgehead atoms. The first kappa shape index (κ1) is 12.3. The van der Waals surface area contributed by atoms with E-state index in [2.05, 4.69) is 0 Å². The Bertz CT molecular complexity index is 326. The van der Waals surface area contributed by atoms with Crippen LogP contribution < -0.4 is 4.74 Å². The van der Waals surface area contributed by atoms with Crippen LogP contribution in [-0.2, 0) is 6.18 Å². The summed E-state index contributed by atoms with van der Waals surface area (Å²) in [5, 5.41) is 0. The van der Waals surface area contributed by atoms with Gasteiger partial charge >= 0.3 is 6.18 Å². The number of hydrogen-bond acceptors (Lipinski definition) is 1. The van der Waals surface area contributed by atoms with Gasteiger partial charge in [-0.15, -0.1) is 0 Å². The van der Waals surface area contributed by atoms with E-state index in [1.54, 1.807) is 0 Å². The Morgan fingerprint density at radius 1 is 1.14 bits per heavy atom. The van der Waals surface area contributed by atoms with Gasteiger partial charge in [0.15, 0.2) is 0 Å². The Balaban J connectivity index is 3.28. The molecule has 1 aromatic carbocycles. The summed E-state index contributed by atoms with van der Waals surface area (Å²) in [4.78, 5) is 0. The first-order chi connectivity index (χ1) is 6.36. The van der Waals surface area contributed by atoms with E-state index in [0.29, 0.717) is 12.9 Å². The monoisotopic (exact) mass is 428 g/mol. The summed E-state index contributed by atoms with van der Waals surface area (Å²) in [7, 11) is 1.44. The van der Waals surface area contributed by atoms with Crippen molar-refractivity contribution in [2.75, 3.05) is 7.11 Å². The summed E-state index contributed by atoms with van der Waals surface area (Å²) in [5.41, 5.74) is -0.646. The molecule has 0 radical (unpaired) electrons. The minimum Gasteiger partial charge on any atom is -0.495 e. The molecule has 78 valence electrons. The molecule has 0 fully saturated rings. The van der Waals surface area contributed by atoms with E-state index in [4.69, 9.17) is 4.74 Å². The molecule has 0 heterocycles. The molecule has 0 spiro atoms. The molecular weight excluding hydrogens is 423 g/mol. The highest BCUT2D eigenvalue weighted by Gasteiger charge is 2.31. The highest BCUT2D eigenvalue weighted by atomic mass is 127. The number of ether oxygens (including phenoxy) is 1. The molecule has 1 nitrogen and oxygen atoms in total. The summed E-state index contributed by atoms with van der Waals surface area (Å²) in [6.45, 7) is 0. The van der Waals surface area contributed by atoms with Crippen LogP contribution in [0.4, 0.5) is 13.2 Å². The van der Waals surface area contributed by atoms with Gasteiger partial charge in [0.2, 0.25) is 0 Å². The van der Waals surface area contributed by atoms with Gasteiger partial charge in [-0.25, -0.2) is 0 Å². The molecule has 0 unspecified atom stereocenters. The van der Waals surface area contributed by atoms with Gasteiger partial charge < -0.3 is 4.74 Å². The lowest BCUT2D eigenvalue weighted by atomic mass is 10.2. The second-order valence-electron chi connectivity index (χ2n) is 2.47. The minimum absolute atomic E-state index is 0.462. The molecule has 0 aromatic heterocycles. The maximum Gasteiger partial charge on any atom is 0.416 e. The van der Waals surface area contributed by atoms with Crippen LogP contribution in [0.3, 0.4) is 0 Å². The van der Waals surface area contributed by atoms with Crippen LogP contribution in [-0.4, -0.2) is 7.11 Å². The fourth-order valence-electron chi connectivity index (χ4n) is 0.919. The summed E-state index contributed by atoms with van der Waals surface area (Å²) in [5.74, 6) is 0.485. The van der Waals surface area contributed by atoms with Crippen LogP contribution in [0.2, 0.25) is 0 Å². The van der Waals surface area contributed by atoms with Gasteiger partial charge in [-0.1, -0.05) is 0 Å². The molecular formula is C8H5F3I2O. The topological polar surface area (TPSA) is 9.23 Å². The quantitative estimate of drug-likeness (QED) is 0.617. The summed E-state index contributed by atoms with van der Waals surface area (Å²) >= 11 is 3.64. The molecule has 0 atom stereocenters. The van der Waals surface area contributed by atoms with E-state index in [-0.39, 0.29) is 0 Å². The number of halogens is 5. The number of hydrogen-bond donors (Lipinski definition) is 0. The number of alkyl halides is 3. The maximum atomic E-state index is 12.3. The van der Waals surface area contributed by atoms with E-state index in [1.165, 1.54) is 7.11 Å². The number of methoxy groups -OCH3 is 1. The Hall–Kier alpha value is 0.270. The average molecular weight is 428 g/mol. The SMILES string of the molecule is COc1c(I)cc(C(F)(F)F)cc1I. The van der Waals surface area contributed by atoms with Crippen LogP contribution in [0.15, 0.2) is 12.1 Å². The molecule has 14 heavy (non-hydrogen) atoms. The van der Waals surface area contributed by atoms with Crippen molar-refractivity contribution in [2.24, 2.45) is 0 Å². The molecule has 0 saturated carbocycles. The Morgan fingerprint density at radius 2 is 1.57 bits per heavy atom. The van der Waals surface area contributed by atoms with Crippen molar-refractivity contribution in [1.82, 2.24) is 0 Å². The van der Waals surface area contributed by atoms with Crippen molar-refractivity contribution in [3.05, 3.63) is 24.8 Å². The molecule has 6 heteroatoms. The highest BCUT2D eigenvalue weighted by molar-refractivity contribution is 14.1. The molecule has 0 aliphatic heterocycles. The Kier molecular flexibility index (Phi) is 3.89. The van der Waals surface area contributed by atoms with Crippen molar-refractivity contribution in [2.45, 2.75) is 6.18 Å². The molecule has 0 aliphatic rings. The summed E-state index contributed by atoms with van der Waals surface area (Å²) < 4.78 is 42.9. The van der Waals surface area contributed by atoms with Crippen molar-refractivity contribution < 1.29 is 17.9 Å². The molecule has 0 N–H and O–H groups in total. The van der Waals surface area contributed by atoms with E-state index in [0.717, 1.165) is 12.1 Å². The third-order valence-electron chi connectivity index (χ3n) is 1.53. The van der Waals surface area contributed by atoms with Crippen LogP contribution in [0.25, 0.3) is 0 Å². The second kappa shape index (κ2) is 4.42. The lowest BCUT2D eigenvalue weighted by Gasteiger charge is -2.11. The van der Waals surface area contributed by atoms with Crippen molar-refractivity contribution in [3.8, 4) is 5.75 Å². The van der Waals surface area contributed by atoms with E-state index in [1.807, 2.05) is 45.2 Å². The second-order valence-corrected chi connectivity index (χ2v) is 4.80. The third-order valence-corrected chi connectivity index (χ3v) is 3.13. The zero-order valence-corrected chi connectivity index (χ0v) is 11.3. The highest BCUT2D eigenvalue weighted by Crippen LogP contribution is 2.36. The average Bonchev–Trinajstić information content (AvgIpc) is 2.01. The van der Waals surface area contributed by atoms with Gasteiger partial charge in [-0.2, -0.15) is 13.2 Å². The molecule has 1 rings (SSSR count). The zero-order valence-electron chi connectivity index (χ0n) is 6.95. The van der Waals surface area contributed by atoms with Crippen LogP contribution in [0.1, 0.15) is 5.56 Å². The van der Waals surface area contributed by atoms with E-state index < -0.39 is 11.7 Å². The van der Waals surface area contributed by atoms with Gasteiger partial charge in [-0.05, 0) is 57.3 Å². The molecule has 0 saturated heterocycles. The van der Waals surface area contributed by atoms with E-state index >= 15 is 0 Å². The lowest BCUT2D eigenvalue weighted by molar-refractivity contribution is -0.137. The molecule has 0 aliphatic carbocycles. The number of rotatable bonds is 1. The number of benzene rings is 1. The van der Waals surface area contributed by atoms with Gasteiger partial charge in [-0.3, -0.25) is 0 Å². The first-order valence-corrected chi connectivity index (χ1v) is 5.62. The van der Waals surface area contributed by atoms with Gasteiger partial charge in [0, 0.05) is 0 Å². The smallest absolute Gasteiger partial charge is 0.416 e. The Morgan fingerprint density at radius 3 is 1.86 bits per heavy atom. The van der Waals surface area contributed by atoms with E-state index in [9.17, 15) is 13.2 Å². The first-order valence-electron chi connectivity index (χ1n) is 3.46. The zero-order chi connectivity index (χ0) is 10.9. The van der Waals surface area contributed by atoms with Gasteiger partial charge in [0.05, 0.1) is 19.8 Å². The predicted octanol–water partition coefficient (Wildman–Crippen LogP) is 3.92. The predicted molar refractivity (Wildman–Crippen MR) is 63.4 cm³/mol. The molecule has 0 amide bonds. The van der Waals surface area contributed by atoms with Crippen molar-refractivity contribution in [3.63, 3.8) is 0 Å². The van der Waals surface area contributed by atoms with Crippen molar-refractivity contribution in [1.29, 1.82) is 0 Å². The van der Waals surface area contributed by atoms with Gasteiger partial charge in [0.1, 0.15) is 5.75 Å². The summed E-state index contributed by atoms with van der Waals surface area (Å²) in [6.07, 6.45) is -4.30. The summed E-state index contributed by atoms with van der Waals surface area (Å²) in [6, 6.07) is 2.14. The fraction of sp³-hybridized carbons (Fsp3) is 0.250. The fourth-order valence-corrected chi connectivity index (χ4v) is 3.13. The normalized spacial score (nSPS) is 11.6. The van der Waals surface area contributed by atoms with Gasteiger partial charge in [0.25, 0.3) is 0 Å². The van der Waals surface area contributed by atoms with Crippen molar-refractivity contribution >= 4 is 45.2 Å². The van der Waals surface area contributed by atoms with Crippen LogP contribution in [0.5, 0.6) is 5.75 Å². The Labute approximate surface area is 106 Å². The maximum absolute atomic E-state index is 12.3.